The summed E-state index contributed by atoms with van der Waals surface area (Å²) in [6.45, 7) is 10.9. The fraction of sp³-hybridized carbons (Fsp3) is 0.500. The second-order valence-electron chi connectivity index (χ2n) is 7.44. The van der Waals surface area contributed by atoms with Crippen molar-refractivity contribution in [3.63, 3.8) is 0 Å². The minimum Gasteiger partial charge on any atom is -0.357 e. The number of nitrogens with one attached hydrogen (secondary N) is 2. The SMILES string of the molecule is CCNC(=NCc1ccc(C)c(F)c1)NCCCN1CCN(c2ncccn2)CC1.I. The molecular formula is C22H33FIN7. The first-order chi connectivity index (χ1) is 14.7. The summed E-state index contributed by atoms with van der Waals surface area (Å²) < 4.78 is 13.7. The molecule has 170 valence electrons. The van der Waals surface area contributed by atoms with Gasteiger partial charge in [0.2, 0.25) is 5.95 Å². The normalized spacial score (nSPS) is 14.8. The number of anilines is 1. The van der Waals surface area contributed by atoms with Gasteiger partial charge in [-0.05, 0) is 50.1 Å². The zero-order valence-electron chi connectivity index (χ0n) is 18.4. The van der Waals surface area contributed by atoms with Gasteiger partial charge in [0.15, 0.2) is 5.96 Å². The Labute approximate surface area is 201 Å². The quantitative estimate of drug-likeness (QED) is 0.232. The summed E-state index contributed by atoms with van der Waals surface area (Å²) in [5, 5.41) is 6.63. The molecule has 1 saturated heterocycles. The van der Waals surface area contributed by atoms with E-state index in [0.29, 0.717) is 12.1 Å². The van der Waals surface area contributed by atoms with E-state index in [0.717, 1.165) is 69.7 Å². The van der Waals surface area contributed by atoms with Gasteiger partial charge in [-0.25, -0.2) is 19.4 Å². The maximum Gasteiger partial charge on any atom is 0.225 e. The lowest BCUT2D eigenvalue weighted by Gasteiger charge is -2.34. The summed E-state index contributed by atoms with van der Waals surface area (Å²) in [4.78, 5) is 18.0. The van der Waals surface area contributed by atoms with Crippen molar-refractivity contribution in [2.75, 3.05) is 50.7 Å². The number of piperazine rings is 1. The Morgan fingerprint density at radius 1 is 1.13 bits per heavy atom. The van der Waals surface area contributed by atoms with Crippen LogP contribution < -0.4 is 15.5 Å². The molecule has 0 saturated carbocycles. The molecule has 0 bridgehead atoms. The number of nitrogens with zero attached hydrogens (tertiary/aromatic N) is 5. The maximum atomic E-state index is 13.7. The van der Waals surface area contributed by atoms with Crippen molar-refractivity contribution in [2.45, 2.75) is 26.8 Å². The highest BCUT2D eigenvalue weighted by atomic mass is 127. The Kier molecular flexibility index (Phi) is 10.9. The Morgan fingerprint density at radius 3 is 2.55 bits per heavy atom. The molecule has 1 aliphatic rings. The smallest absolute Gasteiger partial charge is 0.225 e. The van der Waals surface area contributed by atoms with E-state index in [4.69, 9.17) is 0 Å². The molecule has 2 heterocycles. The summed E-state index contributed by atoms with van der Waals surface area (Å²) in [6, 6.07) is 7.12. The number of hydrogen-bond donors (Lipinski definition) is 2. The highest BCUT2D eigenvalue weighted by Gasteiger charge is 2.18. The van der Waals surface area contributed by atoms with Gasteiger partial charge < -0.3 is 15.5 Å². The highest BCUT2D eigenvalue weighted by molar-refractivity contribution is 14.0. The summed E-state index contributed by atoms with van der Waals surface area (Å²) >= 11 is 0. The third-order valence-electron chi connectivity index (χ3n) is 5.15. The molecule has 2 aromatic rings. The lowest BCUT2D eigenvalue weighted by atomic mass is 10.1. The Bertz CT molecular complexity index is 811. The molecule has 9 heteroatoms. The predicted molar refractivity (Wildman–Crippen MR) is 135 cm³/mol. The molecule has 1 aliphatic heterocycles. The fourth-order valence-electron chi connectivity index (χ4n) is 3.38. The Morgan fingerprint density at radius 2 is 1.87 bits per heavy atom. The van der Waals surface area contributed by atoms with Crippen LogP contribution in [-0.4, -0.2) is 66.6 Å². The van der Waals surface area contributed by atoms with Crippen molar-refractivity contribution < 1.29 is 4.39 Å². The molecule has 0 aliphatic carbocycles. The van der Waals surface area contributed by atoms with Crippen LogP contribution in [0, 0.1) is 12.7 Å². The number of aliphatic imine (C=N–C) groups is 1. The highest BCUT2D eigenvalue weighted by Crippen LogP contribution is 2.11. The number of guanidine groups is 1. The van der Waals surface area contributed by atoms with E-state index < -0.39 is 0 Å². The predicted octanol–water partition coefficient (Wildman–Crippen LogP) is 2.81. The van der Waals surface area contributed by atoms with Gasteiger partial charge in [-0.1, -0.05) is 12.1 Å². The van der Waals surface area contributed by atoms with Crippen LogP contribution in [0.1, 0.15) is 24.5 Å². The number of benzene rings is 1. The molecule has 1 fully saturated rings. The first-order valence-electron chi connectivity index (χ1n) is 10.7. The van der Waals surface area contributed by atoms with Gasteiger partial charge in [0.25, 0.3) is 0 Å². The summed E-state index contributed by atoms with van der Waals surface area (Å²) in [7, 11) is 0. The van der Waals surface area contributed by atoms with Crippen molar-refractivity contribution in [3.8, 4) is 0 Å². The fourth-order valence-corrected chi connectivity index (χ4v) is 3.38. The molecule has 1 aromatic heterocycles. The van der Waals surface area contributed by atoms with Crippen LogP contribution >= 0.6 is 24.0 Å². The third-order valence-corrected chi connectivity index (χ3v) is 5.15. The van der Waals surface area contributed by atoms with Crippen molar-refractivity contribution in [2.24, 2.45) is 4.99 Å². The molecule has 0 radical (unpaired) electrons. The summed E-state index contributed by atoms with van der Waals surface area (Å²) in [5.74, 6) is 1.41. The number of hydrogen-bond acceptors (Lipinski definition) is 5. The van der Waals surface area contributed by atoms with E-state index in [-0.39, 0.29) is 29.8 Å². The maximum absolute atomic E-state index is 13.7. The van der Waals surface area contributed by atoms with Crippen molar-refractivity contribution in [3.05, 3.63) is 53.6 Å². The number of aryl methyl sites for hydroxylation is 1. The standard InChI is InChI=1S/C22H32FN7.HI/c1-3-24-21(28-17-19-7-6-18(2)20(23)16-19)25-10-5-11-29-12-14-30(15-13-29)22-26-8-4-9-27-22;/h4,6-9,16H,3,5,10-15,17H2,1-2H3,(H2,24,25,28);1H. The molecule has 1 aromatic carbocycles. The monoisotopic (exact) mass is 541 g/mol. The first-order valence-corrected chi connectivity index (χ1v) is 10.7. The minimum absolute atomic E-state index is 0. The molecular weight excluding hydrogens is 508 g/mol. The lowest BCUT2D eigenvalue weighted by molar-refractivity contribution is 0.254. The van der Waals surface area contributed by atoms with Crippen LogP contribution in [0.2, 0.25) is 0 Å². The first kappa shape index (κ1) is 25.3. The van der Waals surface area contributed by atoms with Crippen LogP contribution in [0.5, 0.6) is 0 Å². The summed E-state index contributed by atoms with van der Waals surface area (Å²) in [5.41, 5.74) is 1.53. The van der Waals surface area contributed by atoms with E-state index >= 15 is 0 Å². The van der Waals surface area contributed by atoms with Crippen LogP contribution in [0.15, 0.2) is 41.7 Å². The van der Waals surface area contributed by atoms with Crippen LogP contribution in [0.4, 0.5) is 10.3 Å². The Balaban J connectivity index is 0.00000341. The van der Waals surface area contributed by atoms with Crippen molar-refractivity contribution >= 4 is 35.9 Å². The molecule has 0 amide bonds. The molecule has 0 atom stereocenters. The van der Waals surface area contributed by atoms with Gasteiger partial charge in [0, 0.05) is 51.7 Å². The molecule has 7 nitrogen and oxygen atoms in total. The average Bonchev–Trinajstić information content (AvgIpc) is 2.78. The van der Waals surface area contributed by atoms with Gasteiger partial charge in [-0.3, -0.25) is 4.90 Å². The average molecular weight is 541 g/mol. The van der Waals surface area contributed by atoms with E-state index in [1.807, 2.05) is 19.1 Å². The topological polar surface area (TPSA) is 68.7 Å². The van der Waals surface area contributed by atoms with E-state index in [1.165, 1.54) is 0 Å². The van der Waals surface area contributed by atoms with Gasteiger partial charge in [-0.2, -0.15) is 0 Å². The van der Waals surface area contributed by atoms with E-state index in [2.05, 4.69) is 35.4 Å². The number of aromatic nitrogens is 2. The molecule has 0 spiro atoms. The Hall–Kier alpha value is -2.01. The lowest BCUT2D eigenvalue weighted by Crippen LogP contribution is -2.47. The van der Waals surface area contributed by atoms with E-state index in [1.54, 1.807) is 31.5 Å². The minimum atomic E-state index is -0.181. The summed E-state index contributed by atoms with van der Waals surface area (Å²) in [6.07, 6.45) is 4.61. The second kappa shape index (κ2) is 13.4. The van der Waals surface area contributed by atoms with Gasteiger partial charge in [0.05, 0.1) is 6.54 Å². The molecule has 31 heavy (non-hydrogen) atoms. The van der Waals surface area contributed by atoms with Crippen LogP contribution in [-0.2, 0) is 6.54 Å². The largest absolute Gasteiger partial charge is 0.357 e. The third kappa shape index (κ3) is 8.21. The van der Waals surface area contributed by atoms with E-state index in [9.17, 15) is 4.39 Å². The van der Waals surface area contributed by atoms with Gasteiger partial charge in [-0.15, -0.1) is 24.0 Å². The van der Waals surface area contributed by atoms with Crippen molar-refractivity contribution in [1.29, 1.82) is 0 Å². The molecule has 0 unspecified atom stereocenters. The zero-order chi connectivity index (χ0) is 21.2. The van der Waals surface area contributed by atoms with Crippen LogP contribution in [0.3, 0.4) is 0 Å². The van der Waals surface area contributed by atoms with Crippen molar-refractivity contribution in [1.82, 2.24) is 25.5 Å². The zero-order valence-corrected chi connectivity index (χ0v) is 20.7. The molecule has 2 N–H and O–H groups in total. The molecule has 3 rings (SSSR count). The number of halogens is 2. The van der Waals surface area contributed by atoms with Gasteiger partial charge in [0.1, 0.15) is 5.82 Å². The van der Waals surface area contributed by atoms with Gasteiger partial charge >= 0.3 is 0 Å². The number of rotatable bonds is 8. The second-order valence-corrected chi connectivity index (χ2v) is 7.44. The van der Waals surface area contributed by atoms with Crippen LogP contribution in [0.25, 0.3) is 0 Å².